The summed E-state index contributed by atoms with van der Waals surface area (Å²) < 4.78 is 0. The van der Waals surface area contributed by atoms with Gasteiger partial charge in [-0.2, -0.15) is 0 Å². The van der Waals surface area contributed by atoms with Gasteiger partial charge in [-0.15, -0.1) is 0 Å². The van der Waals surface area contributed by atoms with E-state index >= 15 is 0 Å². The largest absolute Gasteiger partial charge is 0.507 e. The van der Waals surface area contributed by atoms with Gasteiger partial charge in [0.15, 0.2) is 23.0 Å². The molecule has 6 heteroatoms. The topological polar surface area (TPSA) is 121 Å². The van der Waals surface area contributed by atoms with E-state index in [2.05, 4.69) is 0 Å². The highest BCUT2D eigenvalue weighted by Gasteiger charge is 2.23. The SMILES string of the molecule is Cc1cc2c(C)c(O)c(O)cc2c(O)c1-c1c(C)cc2c(C)c(O)c(O)cc2c1O. The molecule has 0 aromatic heterocycles. The standard InChI is InChI=1S/C24H22O6/c1-9-5-13-11(3)21(27)17(25)7-15(13)23(29)19(9)20-10(2)6-14-12(4)22(28)18(26)8-16(14)24(20)30/h5-8,25-30H,1-4H3. The van der Waals surface area contributed by atoms with Crippen LogP contribution in [0, 0.1) is 27.7 Å². The second-order valence-electron chi connectivity index (χ2n) is 7.76. The average molecular weight is 406 g/mol. The molecule has 0 heterocycles. The van der Waals surface area contributed by atoms with Crippen LogP contribution in [0.1, 0.15) is 22.3 Å². The van der Waals surface area contributed by atoms with Crippen molar-refractivity contribution in [1.82, 2.24) is 0 Å². The molecule has 0 aliphatic rings. The lowest BCUT2D eigenvalue weighted by Crippen LogP contribution is -1.94. The third-order valence-corrected chi connectivity index (χ3v) is 5.89. The maximum Gasteiger partial charge on any atom is 0.161 e. The Balaban J connectivity index is 2.15. The minimum absolute atomic E-state index is 0.138. The lowest BCUT2D eigenvalue weighted by molar-refractivity contribution is 0.402. The van der Waals surface area contributed by atoms with Gasteiger partial charge in [-0.05, 0) is 61.7 Å². The molecular weight excluding hydrogens is 384 g/mol. The fourth-order valence-corrected chi connectivity index (χ4v) is 4.22. The minimum atomic E-state index is -0.347. The van der Waals surface area contributed by atoms with Gasteiger partial charge in [0.25, 0.3) is 0 Å². The van der Waals surface area contributed by atoms with Crippen molar-refractivity contribution in [3.05, 3.63) is 46.5 Å². The summed E-state index contributed by atoms with van der Waals surface area (Å²) in [5, 5.41) is 64.2. The first-order chi connectivity index (χ1) is 14.0. The van der Waals surface area contributed by atoms with Crippen molar-refractivity contribution >= 4 is 21.5 Å². The molecule has 0 aliphatic heterocycles. The molecule has 6 nitrogen and oxygen atoms in total. The molecule has 0 unspecified atom stereocenters. The summed E-state index contributed by atoms with van der Waals surface area (Å²) in [6.07, 6.45) is 0. The van der Waals surface area contributed by atoms with E-state index < -0.39 is 0 Å². The lowest BCUT2D eigenvalue weighted by atomic mass is 9.87. The van der Waals surface area contributed by atoms with Crippen LogP contribution < -0.4 is 0 Å². The molecule has 0 spiro atoms. The first kappa shape index (κ1) is 19.5. The zero-order chi connectivity index (χ0) is 22.1. The van der Waals surface area contributed by atoms with Gasteiger partial charge in [0.2, 0.25) is 0 Å². The summed E-state index contributed by atoms with van der Waals surface area (Å²) >= 11 is 0. The van der Waals surface area contributed by atoms with Crippen molar-refractivity contribution in [1.29, 1.82) is 0 Å². The van der Waals surface area contributed by atoms with Crippen molar-refractivity contribution in [2.24, 2.45) is 0 Å². The Bertz CT molecular complexity index is 1280. The lowest BCUT2D eigenvalue weighted by Gasteiger charge is -2.19. The molecule has 4 rings (SSSR count). The maximum atomic E-state index is 11.1. The van der Waals surface area contributed by atoms with Gasteiger partial charge in [0.1, 0.15) is 11.5 Å². The second-order valence-corrected chi connectivity index (χ2v) is 7.76. The van der Waals surface area contributed by atoms with Gasteiger partial charge in [-0.1, -0.05) is 12.1 Å². The number of phenolic OH excluding ortho intramolecular Hbond substituents is 6. The summed E-state index contributed by atoms with van der Waals surface area (Å²) in [7, 11) is 0. The third-order valence-electron chi connectivity index (χ3n) is 5.89. The molecule has 0 fully saturated rings. The molecule has 4 aromatic rings. The van der Waals surface area contributed by atoms with Gasteiger partial charge in [0.05, 0.1) is 0 Å². The van der Waals surface area contributed by atoms with Crippen LogP contribution in [0.2, 0.25) is 0 Å². The van der Waals surface area contributed by atoms with Gasteiger partial charge < -0.3 is 30.6 Å². The van der Waals surface area contributed by atoms with Crippen LogP contribution >= 0.6 is 0 Å². The Kier molecular flexibility index (Phi) is 4.13. The Morgan fingerprint density at radius 1 is 0.433 bits per heavy atom. The zero-order valence-corrected chi connectivity index (χ0v) is 17.0. The molecule has 6 N–H and O–H groups in total. The van der Waals surface area contributed by atoms with E-state index in [4.69, 9.17) is 0 Å². The maximum absolute atomic E-state index is 11.1. The summed E-state index contributed by atoms with van der Waals surface area (Å²) in [4.78, 5) is 0. The van der Waals surface area contributed by atoms with Gasteiger partial charge in [0, 0.05) is 33.0 Å². The normalized spacial score (nSPS) is 11.5. The number of rotatable bonds is 1. The molecule has 30 heavy (non-hydrogen) atoms. The van der Waals surface area contributed by atoms with Gasteiger partial charge in [-0.25, -0.2) is 0 Å². The van der Waals surface area contributed by atoms with E-state index in [0.29, 0.717) is 54.9 Å². The van der Waals surface area contributed by atoms with E-state index in [9.17, 15) is 30.6 Å². The average Bonchev–Trinajstić information content (AvgIpc) is 2.69. The van der Waals surface area contributed by atoms with Crippen molar-refractivity contribution in [3.63, 3.8) is 0 Å². The first-order valence-electron chi connectivity index (χ1n) is 9.40. The molecule has 0 amide bonds. The molecular formula is C24H22O6. The Labute approximate surface area is 172 Å². The molecule has 154 valence electrons. The highest BCUT2D eigenvalue weighted by Crippen LogP contribution is 2.50. The molecule has 0 saturated heterocycles. The fraction of sp³-hybridized carbons (Fsp3) is 0.167. The van der Waals surface area contributed by atoms with Crippen molar-refractivity contribution < 1.29 is 30.6 Å². The van der Waals surface area contributed by atoms with Crippen LogP contribution in [0.5, 0.6) is 34.5 Å². The highest BCUT2D eigenvalue weighted by molar-refractivity contribution is 6.05. The fourth-order valence-electron chi connectivity index (χ4n) is 4.22. The number of hydrogen-bond acceptors (Lipinski definition) is 6. The molecule has 0 bridgehead atoms. The molecule has 0 aliphatic carbocycles. The second kappa shape index (κ2) is 6.35. The van der Waals surface area contributed by atoms with Crippen molar-refractivity contribution in [3.8, 4) is 45.6 Å². The van der Waals surface area contributed by atoms with E-state index in [1.54, 1.807) is 39.8 Å². The van der Waals surface area contributed by atoms with Crippen LogP contribution in [0.15, 0.2) is 24.3 Å². The van der Waals surface area contributed by atoms with Crippen LogP contribution in [-0.4, -0.2) is 30.6 Å². The first-order valence-corrected chi connectivity index (χ1v) is 9.40. The summed E-state index contributed by atoms with van der Waals surface area (Å²) in [5.41, 5.74) is 2.95. The minimum Gasteiger partial charge on any atom is -0.507 e. The Morgan fingerprint density at radius 3 is 1.10 bits per heavy atom. The number of aryl methyl sites for hydroxylation is 4. The molecule has 4 aromatic carbocycles. The van der Waals surface area contributed by atoms with Gasteiger partial charge in [-0.3, -0.25) is 0 Å². The summed E-state index contributed by atoms with van der Waals surface area (Å²) in [6, 6.07) is 6.14. The highest BCUT2D eigenvalue weighted by atomic mass is 16.3. The smallest absolute Gasteiger partial charge is 0.161 e. The van der Waals surface area contributed by atoms with E-state index in [1.165, 1.54) is 12.1 Å². The Morgan fingerprint density at radius 2 is 0.767 bits per heavy atom. The zero-order valence-electron chi connectivity index (χ0n) is 17.0. The third kappa shape index (κ3) is 2.50. The molecule has 0 radical (unpaired) electrons. The van der Waals surface area contributed by atoms with E-state index in [0.717, 1.165) is 0 Å². The van der Waals surface area contributed by atoms with Crippen molar-refractivity contribution in [2.45, 2.75) is 27.7 Å². The van der Waals surface area contributed by atoms with Gasteiger partial charge >= 0.3 is 0 Å². The summed E-state index contributed by atoms with van der Waals surface area (Å²) in [6.45, 7) is 6.85. The summed E-state index contributed by atoms with van der Waals surface area (Å²) in [5.74, 6) is -1.46. The molecule has 0 atom stereocenters. The van der Waals surface area contributed by atoms with Crippen molar-refractivity contribution in [2.75, 3.05) is 0 Å². The molecule has 0 saturated carbocycles. The number of fused-ring (bicyclic) bond motifs is 2. The number of hydrogen-bond donors (Lipinski definition) is 6. The van der Waals surface area contributed by atoms with E-state index in [-0.39, 0.29) is 34.5 Å². The predicted molar refractivity (Wildman–Crippen MR) is 116 cm³/mol. The Hall–Kier alpha value is -3.80. The van der Waals surface area contributed by atoms with Crippen LogP contribution in [0.3, 0.4) is 0 Å². The predicted octanol–water partition coefficient (Wildman–Crippen LogP) is 5.13. The van der Waals surface area contributed by atoms with Crippen LogP contribution in [0.25, 0.3) is 32.7 Å². The van der Waals surface area contributed by atoms with Crippen LogP contribution in [-0.2, 0) is 0 Å². The number of phenols is 6. The van der Waals surface area contributed by atoms with E-state index in [1.807, 2.05) is 0 Å². The van der Waals surface area contributed by atoms with Crippen LogP contribution in [0.4, 0.5) is 0 Å². The monoisotopic (exact) mass is 406 g/mol. The number of aromatic hydroxyl groups is 6. The quantitative estimate of drug-likeness (QED) is 0.244. The number of benzene rings is 4.